The Bertz CT molecular complexity index is 402. The summed E-state index contributed by atoms with van der Waals surface area (Å²) in [5.41, 5.74) is 0. The molecule has 1 amide bonds. The fourth-order valence-corrected chi connectivity index (χ4v) is 3.01. The normalized spacial score (nSPS) is 15.2. The molecule has 0 fully saturated rings. The lowest BCUT2D eigenvalue weighted by Gasteiger charge is -2.18. The number of rotatable bonds is 7. The number of nitrogens with one attached hydrogen (secondary N) is 1. The highest BCUT2D eigenvalue weighted by atomic mass is 32.2. The SMILES string of the molecule is CCC(C(=O)O)S(=O)(=O)C(C)C(=O)NCC(C)C. The molecule has 0 aliphatic rings. The molecule has 2 N–H and O–H groups in total. The molecule has 0 radical (unpaired) electrons. The van der Waals surface area contributed by atoms with Crippen molar-refractivity contribution in [3.05, 3.63) is 0 Å². The molecule has 2 unspecified atom stereocenters. The third-order valence-electron chi connectivity index (χ3n) is 2.59. The average Bonchev–Trinajstić information content (AvgIpc) is 2.24. The van der Waals surface area contributed by atoms with Gasteiger partial charge in [-0.1, -0.05) is 20.8 Å². The minimum atomic E-state index is -4.01. The van der Waals surface area contributed by atoms with Gasteiger partial charge >= 0.3 is 5.97 Å². The van der Waals surface area contributed by atoms with E-state index in [0.717, 1.165) is 0 Å². The van der Waals surface area contributed by atoms with Crippen LogP contribution in [0.3, 0.4) is 0 Å². The molecule has 0 aliphatic carbocycles. The van der Waals surface area contributed by atoms with Gasteiger partial charge in [0.15, 0.2) is 15.1 Å². The van der Waals surface area contributed by atoms with Gasteiger partial charge < -0.3 is 10.4 Å². The van der Waals surface area contributed by atoms with E-state index in [1.165, 1.54) is 13.8 Å². The standard InChI is InChI=1S/C11H21NO5S/c1-5-9(11(14)15)18(16,17)8(4)10(13)12-6-7(2)3/h7-9H,5-6H2,1-4H3,(H,12,13)(H,14,15). The number of carbonyl (C=O) groups excluding carboxylic acids is 1. The topological polar surface area (TPSA) is 101 Å². The second-order valence-corrected chi connectivity index (χ2v) is 7.06. The van der Waals surface area contributed by atoms with Crippen LogP contribution in [0, 0.1) is 5.92 Å². The molecule has 18 heavy (non-hydrogen) atoms. The summed E-state index contributed by atoms with van der Waals surface area (Å²) in [7, 11) is -4.01. The number of carboxylic acids is 1. The van der Waals surface area contributed by atoms with Crippen LogP contribution in [0.25, 0.3) is 0 Å². The van der Waals surface area contributed by atoms with E-state index < -0.39 is 32.2 Å². The third-order valence-corrected chi connectivity index (χ3v) is 5.12. The van der Waals surface area contributed by atoms with Crippen LogP contribution in [0.15, 0.2) is 0 Å². The van der Waals surface area contributed by atoms with Crippen molar-refractivity contribution in [2.45, 2.75) is 44.6 Å². The van der Waals surface area contributed by atoms with Gasteiger partial charge in [-0.3, -0.25) is 9.59 Å². The van der Waals surface area contributed by atoms with Crippen molar-refractivity contribution in [1.82, 2.24) is 5.32 Å². The van der Waals surface area contributed by atoms with E-state index >= 15 is 0 Å². The van der Waals surface area contributed by atoms with Gasteiger partial charge in [0.05, 0.1) is 0 Å². The molecule has 0 rings (SSSR count). The van der Waals surface area contributed by atoms with Gasteiger partial charge in [0.1, 0.15) is 5.25 Å². The average molecular weight is 279 g/mol. The molecule has 0 saturated carbocycles. The van der Waals surface area contributed by atoms with Gasteiger partial charge in [-0.15, -0.1) is 0 Å². The van der Waals surface area contributed by atoms with E-state index in [1.807, 2.05) is 13.8 Å². The highest BCUT2D eigenvalue weighted by Gasteiger charge is 2.38. The number of sulfone groups is 1. The molecule has 0 spiro atoms. The summed E-state index contributed by atoms with van der Waals surface area (Å²) in [5, 5.41) is 8.46. The minimum absolute atomic E-state index is 0.0561. The maximum atomic E-state index is 11.9. The van der Waals surface area contributed by atoms with E-state index in [-0.39, 0.29) is 12.3 Å². The fourth-order valence-electron chi connectivity index (χ4n) is 1.39. The van der Waals surface area contributed by atoms with E-state index in [4.69, 9.17) is 5.11 Å². The molecule has 7 heteroatoms. The molecule has 0 aromatic carbocycles. The Morgan fingerprint density at radius 3 is 2.06 bits per heavy atom. The van der Waals surface area contributed by atoms with E-state index in [9.17, 15) is 18.0 Å². The van der Waals surface area contributed by atoms with Crippen molar-refractivity contribution >= 4 is 21.7 Å². The van der Waals surface area contributed by atoms with Gasteiger partial charge in [0.2, 0.25) is 5.91 Å². The number of hydrogen-bond acceptors (Lipinski definition) is 4. The Hall–Kier alpha value is -1.11. The lowest BCUT2D eigenvalue weighted by molar-refractivity contribution is -0.136. The summed E-state index contributed by atoms with van der Waals surface area (Å²) in [6.45, 7) is 6.81. The van der Waals surface area contributed by atoms with E-state index in [0.29, 0.717) is 6.54 Å². The first-order chi connectivity index (χ1) is 8.14. The second kappa shape index (κ2) is 6.72. The molecule has 106 valence electrons. The Balaban J connectivity index is 4.90. The highest BCUT2D eigenvalue weighted by molar-refractivity contribution is 7.94. The molecular formula is C11H21NO5S. The summed E-state index contributed by atoms with van der Waals surface area (Å²) in [5.74, 6) is -1.87. The van der Waals surface area contributed by atoms with Crippen molar-refractivity contribution in [2.24, 2.45) is 5.92 Å². The summed E-state index contributed by atoms with van der Waals surface area (Å²) in [4.78, 5) is 22.5. The van der Waals surface area contributed by atoms with Crippen LogP contribution in [-0.2, 0) is 19.4 Å². The smallest absolute Gasteiger partial charge is 0.321 e. The number of aliphatic carboxylic acids is 1. The first-order valence-electron chi connectivity index (χ1n) is 5.87. The van der Waals surface area contributed by atoms with Crippen molar-refractivity contribution in [3.63, 3.8) is 0 Å². The van der Waals surface area contributed by atoms with Gasteiger partial charge in [-0.2, -0.15) is 0 Å². The van der Waals surface area contributed by atoms with E-state index in [1.54, 1.807) is 0 Å². The lowest BCUT2D eigenvalue weighted by atomic mass is 10.2. The predicted octanol–water partition coefficient (Wildman–Crippen LogP) is 0.425. The van der Waals surface area contributed by atoms with Crippen LogP contribution < -0.4 is 5.32 Å². The molecule has 0 aliphatic heterocycles. The predicted molar refractivity (Wildman–Crippen MR) is 67.9 cm³/mol. The van der Waals surface area contributed by atoms with Crippen LogP contribution in [0.2, 0.25) is 0 Å². The number of carbonyl (C=O) groups is 2. The molecular weight excluding hydrogens is 258 g/mol. The number of hydrogen-bond donors (Lipinski definition) is 2. The monoisotopic (exact) mass is 279 g/mol. The molecule has 2 atom stereocenters. The summed E-state index contributed by atoms with van der Waals surface area (Å²) < 4.78 is 23.9. The zero-order chi connectivity index (χ0) is 14.5. The van der Waals surface area contributed by atoms with Crippen molar-refractivity contribution in [1.29, 1.82) is 0 Å². The van der Waals surface area contributed by atoms with Crippen molar-refractivity contribution in [2.75, 3.05) is 6.54 Å². The van der Waals surface area contributed by atoms with Crippen molar-refractivity contribution < 1.29 is 23.1 Å². The first-order valence-corrected chi connectivity index (χ1v) is 7.48. The van der Waals surface area contributed by atoms with Crippen LogP contribution in [-0.4, -0.2) is 42.4 Å². The second-order valence-electron chi connectivity index (χ2n) is 4.61. The molecule has 0 heterocycles. The van der Waals surface area contributed by atoms with Crippen LogP contribution >= 0.6 is 0 Å². The fraction of sp³-hybridized carbons (Fsp3) is 0.818. The Morgan fingerprint density at radius 1 is 1.22 bits per heavy atom. The van der Waals surface area contributed by atoms with Gasteiger partial charge in [-0.05, 0) is 19.3 Å². The maximum absolute atomic E-state index is 11.9. The zero-order valence-corrected chi connectivity index (χ0v) is 12.0. The molecule has 0 bridgehead atoms. The molecule has 6 nitrogen and oxygen atoms in total. The first kappa shape index (κ1) is 16.9. The quantitative estimate of drug-likeness (QED) is 0.703. The van der Waals surface area contributed by atoms with Crippen LogP contribution in [0.1, 0.15) is 34.1 Å². The Kier molecular flexibility index (Phi) is 6.31. The van der Waals surface area contributed by atoms with Crippen molar-refractivity contribution in [3.8, 4) is 0 Å². The summed E-state index contributed by atoms with van der Waals surface area (Å²) >= 11 is 0. The Morgan fingerprint density at radius 2 is 1.72 bits per heavy atom. The lowest BCUT2D eigenvalue weighted by Crippen LogP contribution is -2.45. The largest absolute Gasteiger partial charge is 0.480 e. The number of carboxylic acid groups (broad SMARTS) is 1. The van der Waals surface area contributed by atoms with Crippen LogP contribution in [0.5, 0.6) is 0 Å². The van der Waals surface area contributed by atoms with Gasteiger partial charge in [0.25, 0.3) is 0 Å². The maximum Gasteiger partial charge on any atom is 0.321 e. The molecule has 0 saturated heterocycles. The van der Waals surface area contributed by atoms with Crippen LogP contribution in [0.4, 0.5) is 0 Å². The zero-order valence-electron chi connectivity index (χ0n) is 11.1. The molecule has 0 aromatic heterocycles. The summed E-state index contributed by atoms with van der Waals surface area (Å²) in [6, 6.07) is 0. The minimum Gasteiger partial charge on any atom is -0.480 e. The highest BCUT2D eigenvalue weighted by Crippen LogP contribution is 2.13. The Labute approximate surface area is 108 Å². The van der Waals surface area contributed by atoms with Gasteiger partial charge in [0, 0.05) is 6.54 Å². The van der Waals surface area contributed by atoms with Gasteiger partial charge in [-0.25, -0.2) is 8.42 Å². The van der Waals surface area contributed by atoms with E-state index in [2.05, 4.69) is 5.32 Å². The third kappa shape index (κ3) is 4.29. The number of amides is 1. The summed E-state index contributed by atoms with van der Waals surface area (Å²) in [6.07, 6.45) is -0.0561. The molecule has 0 aromatic rings.